The summed E-state index contributed by atoms with van der Waals surface area (Å²) in [5, 5.41) is 11.1. The Labute approximate surface area is 255 Å². The molecule has 23 nitrogen and oxygen atoms in total. The van der Waals surface area contributed by atoms with Crippen LogP contribution >= 0.6 is 15.6 Å². The summed E-state index contributed by atoms with van der Waals surface area (Å²) in [6.45, 7) is -1.52. The van der Waals surface area contributed by atoms with Crippen molar-refractivity contribution in [3.8, 4) is 0 Å². The number of nitrogens with two attached hydrogens (primary N) is 2. The van der Waals surface area contributed by atoms with Gasteiger partial charge in [-0.05, 0) is 0 Å². The highest BCUT2D eigenvalue weighted by Gasteiger charge is 2.54. The number of fused-ring (bicyclic) bond motifs is 5. The van der Waals surface area contributed by atoms with Crippen molar-refractivity contribution in [2.45, 2.75) is 49.1 Å². The van der Waals surface area contributed by atoms with Crippen molar-refractivity contribution in [2.75, 3.05) is 31.8 Å². The number of anilines is 2. The van der Waals surface area contributed by atoms with Crippen molar-refractivity contribution < 1.29 is 56.3 Å². The van der Waals surface area contributed by atoms with Crippen LogP contribution < -0.4 is 17.0 Å². The van der Waals surface area contributed by atoms with Crippen LogP contribution in [0.5, 0.6) is 0 Å². The van der Waals surface area contributed by atoms with Gasteiger partial charge in [-0.25, -0.2) is 29.1 Å². The van der Waals surface area contributed by atoms with Crippen molar-refractivity contribution >= 4 is 49.7 Å². The number of rotatable bonds is 3. The predicted octanol–water partition coefficient (Wildman–Crippen LogP) is -1.69. The Morgan fingerprint density at radius 2 is 1.54 bits per heavy atom. The summed E-state index contributed by atoms with van der Waals surface area (Å²) in [7, 11) is -8.80. The minimum atomic E-state index is -5.08. The first-order chi connectivity index (χ1) is 21.9. The van der Waals surface area contributed by atoms with Crippen molar-refractivity contribution in [1.82, 2.24) is 39.0 Å². The topological polar surface area (TPSA) is 319 Å². The summed E-state index contributed by atoms with van der Waals surface area (Å²) >= 11 is 0. The Hall–Kier alpha value is -3.44. The number of aliphatic hydroxyl groups excluding tert-OH is 1. The second-order valence-corrected chi connectivity index (χ2v) is 13.2. The number of nitrogens with zero attached hydrogens (tertiary/aromatic N) is 7. The number of nitrogen functional groups attached to an aromatic ring is 2. The van der Waals surface area contributed by atoms with Gasteiger partial charge in [-0.3, -0.25) is 37.0 Å². The molecule has 2 bridgehead atoms. The highest BCUT2D eigenvalue weighted by Crippen LogP contribution is 2.54. The van der Waals surface area contributed by atoms with Gasteiger partial charge in [0.1, 0.15) is 48.5 Å². The summed E-state index contributed by atoms with van der Waals surface area (Å²) < 4.78 is 67.8. The minimum absolute atomic E-state index is 0.0802. The van der Waals surface area contributed by atoms with Crippen molar-refractivity contribution in [1.29, 1.82) is 0 Å². The molecule has 8 N–H and O–H groups in total. The Morgan fingerprint density at radius 1 is 0.913 bits per heavy atom. The molecule has 7 rings (SSSR count). The van der Waals surface area contributed by atoms with Gasteiger partial charge in [0.15, 0.2) is 35.1 Å². The maximum Gasteiger partial charge on any atom is 0.472 e. The van der Waals surface area contributed by atoms with Crippen LogP contribution in [0.3, 0.4) is 0 Å². The van der Waals surface area contributed by atoms with Crippen LogP contribution in [-0.2, 0) is 41.4 Å². The van der Waals surface area contributed by atoms with Gasteiger partial charge >= 0.3 is 15.6 Å². The molecule has 7 heterocycles. The Kier molecular flexibility index (Phi) is 7.70. The van der Waals surface area contributed by atoms with Crippen LogP contribution in [0.25, 0.3) is 22.3 Å². The first kappa shape index (κ1) is 31.2. The van der Waals surface area contributed by atoms with E-state index in [2.05, 4.69) is 29.9 Å². The third-order valence-electron chi connectivity index (χ3n) is 7.57. The summed E-state index contributed by atoms with van der Waals surface area (Å²) in [5.41, 5.74) is 11.1. The average Bonchev–Trinajstić information content (AvgIpc) is 3.75. The highest BCUT2D eigenvalue weighted by atomic mass is 31.2. The number of phosphoric acid groups is 2. The molecule has 3 aliphatic heterocycles. The molecule has 25 heteroatoms. The van der Waals surface area contributed by atoms with E-state index < -0.39 is 83.5 Å². The third-order valence-corrected chi connectivity index (χ3v) is 9.54. The first-order valence-corrected chi connectivity index (χ1v) is 16.3. The van der Waals surface area contributed by atoms with E-state index in [9.17, 15) is 28.8 Å². The van der Waals surface area contributed by atoms with Crippen LogP contribution in [0.4, 0.5) is 11.8 Å². The number of phosphoric ester groups is 2. The fourth-order valence-corrected chi connectivity index (χ4v) is 7.42. The number of ether oxygens (including phenoxy) is 3. The summed E-state index contributed by atoms with van der Waals surface area (Å²) in [6.07, 6.45) is -7.79. The molecule has 10 atom stereocenters. The van der Waals surface area contributed by atoms with Crippen LogP contribution in [0.1, 0.15) is 12.5 Å². The molecule has 0 saturated carbocycles. The molecule has 0 spiro atoms. The number of nitrogens with one attached hydrogen (secondary N) is 1. The summed E-state index contributed by atoms with van der Waals surface area (Å²) in [5.74, 6) is -0.193. The number of hydrogen-bond donors (Lipinski definition) is 6. The van der Waals surface area contributed by atoms with Crippen LogP contribution in [-0.4, -0.2) is 111 Å². The van der Waals surface area contributed by atoms with E-state index in [1.54, 1.807) is 0 Å². The van der Waals surface area contributed by atoms with E-state index in [-0.39, 0.29) is 34.1 Å². The molecule has 3 fully saturated rings. The molecular weight excluding hydrogens is 662 g/mol. The molecule has 3 saturated heterocycles. The number of imidazole rings is 2. The van der Waals surface area contributed by atoms with Crippen molar-refractivity contribution in [3.05, 3.63) is 29.3 Å². The number of hydrogen-bond acceptors (Lipinski definition) is 18. The van der Waals surface area contributed by atoms with Gasteiger partial charge in [0.2, 0.25) is 5.95 Å². The maximum absolute atomic E-state index is 13.3. The lowest BCUT2D eigenvalue weighted by molar-refractivity contribution is -0.0675. The van der Waals surface area contributed by atoms with E-state index in [4.69, 9.17) is 43.8 Å². The number of aromatic nitrogens is 8. The zero-order valence-electron chi connectivity index (χ0n) is 23.4. The molecule has 4 aromatic heterocycles. The van der Waals surface area contributed by atoms with Crippen molar-refractivity contribution in [2.24, 2.45) is 0 Å². The smallest absolute Gasteiger partial charge is 0.387 e. The quantitative estimate of drug-likeness (QED) is 0.131. The van der Waals surface area contributed by atoms with E-state index >= 15 is 0 Å². The number of aromatic amines is 1. The van der Waals surface area contributed by atoms with Crippen LogP contribution in [0, 0.1) is 0 Å². The zero-order chi connectivity index (χ0) is 32.5. The average molecular weight is 688 g/mol. The minimum Gasteiger partial charge on any atom is -0.387 e. The Morgan fingerprint density at radius 3 is 2.26 bits per heavy atom. The Bertz CT molecular complexity index is 1950. The van der Waals surface area contributed by atoms with Crippen molar-refractivity contribution in [3.63, 3.8) is 0 Å². The monoisotopic (exact) mass is 688 g/mol. The van der Waals surface area contributed by atoms with E-state index in [1.165, 1.54) is 24.3 Å². The predicted molar refractivity (Wildman–Crippen MR) is 148 cm³/mol. The van der Waals surface area contributed by atoms with Gasteiger partial charge < -0.3 is 40.6 Å². The van der Waals surface area contributed by atoms with Gasteiger partial charge in [0.25, 0.3) is 5.56 Å². The number of aliphatic hydroxyl groups is 1. The van der Waals surface area contributed by atoms with Gasteiger partial charge in [0.05, 0.1) is 25.9 Å². The highest BCUT2D eigenvalue weighted by molar-refractivity contribution is 7.47. The molecular formula is C21H26N10O13P2. The zero-order valence-corrected chi connectivity index (χ0v) is 25.2. The fourth-order valence-electron chi connectivity index (χ4n) is 5.53. The van der Waals surface area contributed by atoms with E-state index in [1.807, 2.05) is 0 Å². The lowest BCUT2D eigenvalue weighted by Crippen LogP contribution is -2.37. The van der Waals surface area contributed by atoms with Crippen LogP contribution in [0.15, 0.2) is 23.8 Å². The molecule has 3 aliphatic rings. The lowest BCUT2D eigenvalue weighted by Gasteiger charge is -2.26. The molecule has 248 valence electrons. The van der Waals surface area contributed by atoms with Gasteiger partial charge in [-0.2, -0.15) is 4.98 Å². The van der Waals surface area contributed by atoms with E-state index in [0.717, 1.165) is 10.9 Å². The fraction of sp³-hybridized carbons (Fsp3) is 0.524. The largest absolute Gasteiger partial charge is 0.472 e. The molecule has 0 aliphatic carbocycles. The second-order valence-electron chi connectivity index (χ2n) is 10.3. The SMILES string of the molecule is COC1C2OP(=O)(O)OC[C@H]3O[C@@H](n4cnc5c(=O)[nH]c(N)nc54)C(OP(=O)(O)OC[C@H]2O[C@H]1n1cnc2c(N)ncnc21)C3O. The third kappa shape index (κ3) is 5.39. The molecule has 6 unspecified atom stereocenters. The molecule has 0 aromatic carbocycles. The maximum atomic E-state index is 13.3. The molecule has 0 amide bonds. The van der Waals surface area contributed by atoms with E-state index in [0.29, 0.717) is 0 Å². The molecule has 46 heavy (non-hydrogen) atoms. The van der Waals surface area contributed by atoms with Crippen LogP contribution in [0.2, 0.25) is 0 Å². The molecule has 0 radical (unpaired) electrons. The number of methoxy groups -OCH3 is 1. The number of H-pyrrole nitrogens is 1. The summed E-state index contributed by atoms with van der Waals surface area (Å²) in [6, 6.07) is 0. The summed E-state index contributed by atoms with van der Waals surface area (Å²) in [4.78, 5) is 56.3. The van der Waals surface area contributed by atoms with Gasteiger partial charge in [-0.1, -0.05) is 0 Å². The van der Waals surface area contributed by atoms with Gasteiger partial charge in [0, 0.05) is 7.11 Å². The second kappa shape index (κ2) is 11.4. The normalized spacial score (nSPS) is 37.1. The standard InChI is InChI=1S/C21H26N10O13P2/c1-38-14-12-8(42-20(14)30-5-26-9-15(22)24-4-25-16(9)30)3-40-46(36,37)44-13-11(32)7(2-39-45(34,35)43-12)41-19(13)31-6-27-10-17(31)28-21(23)29-18(10)33/h4-8,11-14,19-20,32H,2-3H2,1H3,(H,34,35)(H,36,37)(H2,22,24,25)(H3,23,28,29,33)/t7-,8-,11?,12?,13?,14?,19-,20-/m1/s1. The molecule has 4 aromatic rings. The Balaban J connectivity index is 1.22. The lowest BCUT2D eigenvalue weighted by atomic mass is 10.1. The van der Waals surface area contributed by atoms with Gasteiger partial charge in [-0.15, -0.1) is 0 Å². The first-order valence-electron chi connectivity index (χ1n) is 13.3.